The van der Waals surface area contributed by atoms with Crippen molar-refractivity contribution in [3.05, 3.63) is 206 Å². The SMILES string of the molecule is c1ccc(-c2ccc(-c3cc(-c4ccc(-c5ccc6ccccc6c5)cc4)cc(-c4ccc(-c5cccc6ccccc56)cc4)c3)cc2)cc1. The van der Waals surface area contributed by atoms with Crippen molar-refractivity contribution in [3.63, 3.8) is 0 Å². The van der Waals surface area contributed by atoms with Gasteiger partial charge in [-0.15, -0.1) is 0 Å². The van der Waals surface area contributed by atoms with Gasteiger partial charge in [0.05, 0.1) is 0 Å². The summed E-state index contributed by atoms with van der Waals surface area (Å²) in [5, 5.41) is 5.06. The quantitative estimate of drug-likeness (QED) is 0.171. The summed E-state index contributed by atoms with van der Waals surface area (Å²) < 4.78 is 0. The van der Waals surface area contributed by atoms with Gasteiger partial charge in [-0.1, -0.05) is 182 Å². The van der Waals surface area contributed by atoms with Crippen molar-refractivity contribution in [1.29, 1.82) is 0 Å². The Morgan fingerprint density at radius 1 is 0.180 bits per heavy atom. The van der Waals surface area contributed by atoms with Crippen LogP contribution in [0.15, 0.2) is 206 Å². The van der Waals surface area contributed by atoms with E-state index in [-0.39, 0.29) is 0 Å². The molecule has 0 saturated heterocycles. The highest BCUT2D eigenvalue weighted by Gasteiger charge is 2.11. The average molecular weight is 635 g/mol. The van der Waals surface area contributed by atoms with Crippen LogP contribution in [0.5, 0.6) is 0 Å². The molecule has 0 fully saturated rings. The molecule has 0 unspecified atom stereocenters. The Labute approximate surface area is 293 Å². The highest BCUT2D eigenvalue weighted by molar-refractivity contribution is 5.97. The predicted molar refractivity (Wildman–Crippen MR) is 214 cm³/mol. The minimum absolute atomic E-state index is 1.20. The number of hydrogen-bond donors (Lipinski definition) is 0. The number of hydrogen-bond acceptors (Lipinski definition) is 0. The second kappa shape index (κ2) is 12.8. The molecule has 0 saturated carbocycles. The molecule has 0 spiro atoms. The molecule has 0 aliphatic heterocycles. The van der Waals surface area contributed by atoms with Gasteiger partial charge in [0.15, 0.2) is 0 Å². The van der Waals surface area contributed by atoms with E-state index in [1.807, 2.05) is 0 Å². The lowest BCUT2D eigenvalue weighted by molar-refractivity contribution is 1.55. The molecule has 0 bridgehead atoms. The molecule has 0 radical (unpaired) electrons. The van der Waals surface area contributed by atoms with Crippen LogP contribution in [0.1, 0.15) is 0 Å². The van der Waals surface area contributed by atoms with Gasteiger partial charge in [-0.05, 0) is 113 Å². The van der Waals surface area contributed by atoms with Crippen LogP contribution in [0.25, 0.3) is 88.3 Å². The summed E-state index contributed by atoms with van der Waals surface area (Å²) in [5.41, 5.74) is 14.6. The van der Waals surface area contributed by atoms with E-state index in [4.69, 9.17) is 0 Å². The lowest BCUT2D eigenvalue weighted by Crippen LogP contribution is -1.88. The van der Waals surface area contributed by atoms with E-state index >= 15 is 0 Å². The van der Waals surface area contributed by atoms with Gasteiger partial charge in [-0.3, -0.25) is 0 Å². The fourth-order valence-electron chi connectivity index (χ4n) is 7.16. The van der Waals surface area contributed by atoms with Crippen molar-refractivity contribution in [2.45, 2.75) is 0 Å². The van der Waals surface area contributed by atoms with Gasteiger partial charge in [-0.25, -0.2) is 0 Å². The summed E-state index contributed by atoms with van der Waals surface area (Å²) in [5.74, 6) is 0. The topological polar surface area (TPSA) is 0 Å². The molecule has 0 heteroatoms. The Morgan fingerprint density at radius 2 is 0.580 bits per heavy atom. The summed E-state index contributed by atoms with van der Waals surface area (Å²) in [4.78, 5) is 0. The third kappa shape index (κ3) is 5.78. The van der Waals surface area contributed by atoms with E-state index in [9.17, 15) is 0 Å². The Kier molecular flexibility index (Phi) is 7.61. The van der Waals surface area contributed by atoms with E-state index in [0.29, 0.717) is 0 Å². The third-order valence-corrected chi connectivity index (χ3v) is 9.88. The molecule has 0 amide bonds. The van der Waals surface area contributed by atoms with Gasteiger partial charge in [-0.2, -0.15) is 0 Å². The van der Waals surface area contributed by atoms with Crippen LogP contribution in [0.3, 0.4) is 0 Å². The van der Waals surface area contributed by atoms with Gasteiger partial charge in [0.1, 0.15) is 0 Å². The Hall–Kier alpha value is -6.50. The summed E-state index contributed by atoms with van der Waals surface area (Å²) in [6, 6.07) is 75.0. The maximum absolute atomic E-state index is 2.33. The summed E-state index contributed by atoms with van der Waals surface area (Å²) in [7, 11) is 0. The molecule has 0 nitrogen and oxygen atoms in total. The van der Waals surface area contributed by atoms with Crippen LogP contribution >= 0.6 is 0 Å². The van der Waals surface area contributed by atoms with Crippen molar-refractivity contribution in [3.8, 4) is 66.8 Å². The standard InChI is InChI=1S/C50H34/c1-2-9-35(10-3-1)37-17-21-39(22-18-37)46-32-47(40-23-19-38(20-24-40)45-30-27-36-11-4-5-13-44(36)31-45)34-48(33-46)41-25-28-43(29-26-41)50-16-8-14-42-12-6-7-15-49(42)50/h1-34H. The first-order valence-corrected chi connectivity index (χ1v) is 17.2. The minimum atomic E-state index is 1.20. The molecule has 234 valence electrons. The molecule has 0 N–H and O–H groups in total. The second-order valence-corrected chi connectivity index (χ2v) is 13.0. The van der Waals surface area contributed by atoms with Gasteiger partial charge in [0.2, 0.25) is 0 Å². The van der Waals surface area contributed by atoms with Gasteiger partial charge in [0, 0.05) is 0 Å². The molecular formula is C50H34. The zero-order chi connectivity index (χ0) is 33.3. The first-order valence-electron chi connectivity index (χ1n) is 17.2. The lowest BCUT2D eigenvalue weighted by atomic mass is 9.91. The van der Waals surface area contributed by atoms with Gasteiger partial charge in [0.25, 0.3) is 0 Å². The number of fused-ring (bicyclic) bond motifs is 2. The predicted octanol–water partition coefficient (Wildman–Crippen LogP) is 14.0. The Bertz CT molecular complexity index is 2590. The van der Waals surface area contributed by atoms with Crippen LogP contribution in [-0.4, -0.2) is 0 Å². The average Bonchev–Trinajstić information content (AvgIpc) is 3.21. The summed E-state index contributed by atoms with van der Waals surface area (Å²) in [6.07, 6.45) is 0. The minimum Gasteiger partial charge on any atom is -0.0622 e. The molecular weight excluding hydrogens is 601 g/mol. The largest absolute Gasteiger partial charge is 0.0622 e. The van der Waals surface area contributed by atoms with E-state index in [1.54, 1.807) is 0 Å². The summed E-state index contributed by atoms with van der Waals surface area (Å²) in [6.45, 7) is 0. The molecule has 0 atom stereocenters. The molecule has 0 aliphatic rings. The zero-order valence-corrected chi connectivity index (χ0v) is 27.6. The lowest BCUT2D eigenvalue weighted by Gasteiger charge is -2.13. The Balaban J connectivity index is 1.10. The molecule has 0 heterocycles. The Morgan fingerprint density at radius 3 is 1.18 bits per heavy atom. The van der Waals surface area contributed by atoms with Gasteiger partial charge < -0.3 is 0 Å². The smallest absolute Gasteiger partial charge is 0.0105 e. The van der Waals surface area contributed by atoms with Crippen molar-refractivity contribution in [2.24, 2.45) is 0 Å². The first kappa shape index (κ1) is 29.6. The van der Waals surface area contributed by atoms with Crippen LogP contribution in [-0.2, 0) is 0 Å². The van der Waals surface area contributed by atoms with E-state index in [2.05, 4.69) is 206 Å². The normalized spacial score (nSPS) is 11.2. The second-order valence-electron chi connectivity index (χ2n) is 13.0. The maximum Gasteiger partial charge on any atom is -0.0105 e. The van der Waals surface area contributed by atoms with Crippen LogP contribution < -0.4 is 0 Å². The highest BCUT2D eigenvalue weighted by Crippen LogP contribution is 2.36. The van der Waals surface area contributed by atoms with Crippen LogP contribution in [0.2, 0.25) is 0 Å². The van der Waals surface area contributed by atoms with Crippen molar-refractivity contribution >= 4 is 21.5 Å². The third-order valence-electron chi connectivity index (χ3n) is 9.88. The van der Waals surface area contributed by atoms with Crippen molar-refractivity contribution < 1.29 is 0 Å². The van der Waals surface area contributed by atoms with Crippen LogP contribution in [0, 0.1) is 0 Å². The number of benzene rings is 9. The zero-order valence-electron chi connectivity index (χ0n) is 27.6. The molecule has 0 aliphatic carbocycles. The maximum atomic E-state index is 2.33. The van der Waals surface area contributed by atoms with E-state index in [0.717, 1.165) is 0 Å². The fourth-order valence-corrected chi connectivity index (χ4v) is 7.16. The molecule has 50 heavy (non-hydrogen) atoms. The van der Waals surface area contributed by atoms with Crippen molar-refractivity contribution in [1.82, 2.24) is 0 Å². The molecule has 9 aromatic carbocycles. The molecule has 9 aromatic rings. The monoisotopic (exact) mass is 634 g/mol. The first-order chi connectivity index (χ1) is 24.7. The summed E-state index contributed by atoms with van der Waals surface area (Å²) >= 11 is 0. The molecule has 0 aromatic heterocycles. The number of rotatable bonds is 6. The van der Waals surface area contributed by atoms with Gasteiger partial charge >= 0.3 is 0 Å². The van der Waals surface area contributed by atoms with Crippen LogP contribution in [0.4, 0.5) is 0 Å². The van der Waals surface area contributed by atoms with Crippen molar-refractivity contribution in [2.75, 3.05) is 0 Å². The molecule has 9 rings (SSSR count). The van der Waals surface area contributed by atoms with E-state index in [1.165, 1.54) is 88.3 Å². The fraction of sp³-hybridized carbons (Fsp3) is 0. The van der Waals surface area contributed by atoms with E-state index < -0.39 is 0 Å². The highest BCUT2D eigenvalue weighted by atomic mass is 14.1.